The third kappa shape index (κ3) is 2.18. The molecule has 0 radical (unpaired) electrons. The Hall–Kier alpha value is -1.37. The Morgan fingerprint density at radius 3 is 3.10 bits per heavy atom. The normalized spacial score (nSPS) is 24.0. The monoisotopic (exact) mass is 320 g/mol. The number of anilines is 1. The minimum absolute atomic E-state index is 0.0830. The van der Waals surface area contributed by atoms with Crippen molar-refractivity contribution in [2.75, 3.05) is 18.4 Å². The Kier molecular flexibility index (Phi) is 3.24. The molecule has 0 aromatic carbocycles. The molecular formula is C15H18N3OS2+. The largest absolute Gasteiger partial charge is 0.352 e. The zero-order chi connectivity index (χ0) is 14.4. The molecule has 6 heteroatoms. The van der Waals surface area contributed by atoms with Crippen LogP contribution in [0, 0.1) is 0 Å². The van der Waals surface area contributed by atoms with Gasteiger partial charge in [-0.1, -0.05) is 6.07 Å². The standard InChI is InChI=1S/C15H17N3OS2/c1-2-18-6-5-9-11(8-18)21-15-12(9)14(19)16-13(17-15)10-4-3-7-20-10/h3-4,7,13,17H,2,5-6,8H2,1H3,(H,16,19)/p+1/t13-/m0/s1. The lowest BCUT2D eigenvalue weighted by atomic mass is 10.0. The summed E-state index contributed by atoms with van der Waals surface area (Å²) >= 11 is 3.44. The summed E-state index contributed by atoms with van der Waals surface area (Å²) in [6.45, 7) is 5.57. The third-order valence-corrected chi connectivity index (χ3v) is 6.44. The van der Waals surface area contributed by atoms with Crippen LogP contribution in [0.25, 0.3) is 0 Å². The SMILES string of the molecule is CC[NH+]1CCc2c(sc3c2C(=O)N[C@H](c2cccs2)N3)C1. The number of nitrogens with one attached hydrogen (secondary N) is 3. The van der Waals surface area contributed by atoms with Crippen LogP contribution in [-0.4, -0.2) is 19.0 Å². The predicted octanol–water partition coefficient (Wildman–Crippen LogP) is 1.62. The maximum atomic E-state index is 12.5. The van der Waals surface area contributed by atoms with Crippen LogP contribution in [0.15, 0.2) is 17.5 Å². The molecule has 3 N–H and O–H groups in total. The first kappa shape index (κ1) is 13.3. The topological polar surface area (TPSA) is 45.6 Å². The number of rotatable bonds is 2. The summed E-state index contributed by atoms with van der Waals surface area (Å²) in [7, 11) is 0. The Bertz CT molecular complexity index is 677. The molecule has 0 bridgehead atoms. The van der Waals surface area contributed by atoms with Gasteiger partial charge >= 0.3 is 0 Å². The molecule has 2 aliphatic rings. The number of likely N-dealkylation sites (N-methyl/N-ethyl adjacent to an activating group) is 1. The molecule has 1 amide bonds. The van der Waals surface area contributed by atoms with Gasteiger partial charge in [0.1, 0.15) is 17.7 Å². The van der Waals surface area contributed by atoms with Crippen LogP contribution in [0.5, 0.6) is 0 Å². The molecule has 0 fully saturated rings. The molecule has 0 saturated heterocycles. The molecule has 2 atom stereocenters. The molecule has 4 rings (SSSR count). The van der Waals surface area contributed by atoms with Gasteiger partial charge in [-0.05, 0) is 23.9 Å². The van der Waals surface area contributed by atoms with Crippen LogP contribution < -0.4 is 15.5 Å². The van der Waals surface area contributed by atoms with Gasteiger partial charge in [-0.25, -0.2) is 0 Å². The second-order valence-corrected chi connectivity index (χ2v) is 7.64. The van der Waals surface area contributed by atoms with Gasteiger partial charge < -0.3 is 15.5 Å². The van der Waals surface area contributed by atoms with Crippen LogP contribution in [0.4, 0.5) is 5.00 Å². The molecule has 4 heterocycles. The van der Waals surface area contributed by atoms with Crippen molar-refractivity contribution in [3.05, 3.63) is 38.4 Å². The first-order chi connectivity index (χ1) is 10.3. The van der Waals surface area contributed by atoms with E-state index in [1.54, 1.807) is 27.6 Å². The molecule has 2 aromatic rings. The van der Waals surface area contributed by atoms with Gasteiger partial charge in [0, 0.05) is 11.3 Å². The summed E-state index contributed by atoms with van der Waals surface area (Å²) in [6, 6.07) is 4.08. The fourth-order valence-corrected chi connectivity index (χ4v) is 5.22. The average Bonchev–Trinajstić information content (AvgIpc) is 3.13. The van der Waals surface area contributed by atoms with Gasteiger partial charge in [-0.2, -0.15) is 0 Å². The van der Waals surface area contributed by atoms with Crippen LogP contribution >= 0.6 is 22.7 Å². The lowest BCUT2D eigenvalue weighted by Crippen LogP contribution is -3.11. The highest BCUT2D eigenvalue weighted by Crippen LogP contribution is 2.39. The van der Waals surface area contributed by atoms with Crippen molar-refractivity contribution in [2.45, 2.75) is 26.1 Å². The predicted molar refractivity (Wildman–Crippen MR) is 86.2 cm³/mol. The van der Waals surface area contributed by atoms with E-state index in [2.05, 4.69) is 23.6 Å². The van der Waals surface area contributed by atoms with Crippen molar-refractivity contribution in [1.29, 1.82) is 0 Å². The molecule has 0 saturated carbocycles. The maximum Gasteiger partial charge on any atom is 0.256 e. The van der Waals surface area contributed by atoms with E-state index in [1.165, 1.54) is 10.4 Å². The van der Waals surface area contributed by atoms with E-state index in [0.717, 1.165) is 41.5 Å². The maximum absolute atomic E-state index is 12.5. The smallest absolute Gasteiger partial charge is 0.256 e. The Balaban J connectivity index is 1.69. The first-order valence-electron chi connectivity index (χ1n) is 7.35. The van der Waals surface area contributed by atoms with Gasteiger partial charge in [-0.3, -0.25) is 4.79 Å². The highest BCUT2D eigenvalue weighted by atomic mass is 32.1. The summed E-state index contributed by atoms with van der Waals surface area (Å²) in [5.41, 5.74) is 2.18. The number of carbonyl (C=O) groups is 1. The Morgan fingerprint density at radius 1 is 1.43 bits per heavy atom. The zero-order valence-corrected chi connectivity index (χ0v) is 13.5. The van der Waals surface area contributed by atoms with Gasteiger partial charge in [0.15, 0.2) is 0 Å². The van der Waals surface area contributed by atoms with Crippen molar-refractivity contribution < 1.29 is 9.69 Å². The molecular weight excluding hydrogens is 302 g/mol. The first-order valence-corrected chi connectivity index (χ1v) is 9.04. The summed E-state index contributed by atoms with van der Waals surface area (Å²) in [5.74, 6) is 0.0830. The van der Waals surface area contributed by atoms with E-state index in [-0.39, 0.29) is 12.1 Å². The number of amides is 1. The van der Waals surface area contributed by atoms with Crippen LogP contribution in [-0.2, 0) is 13.0 Å². The number of quaternary nitrogens is 1. The highest BCUT2D eigenvalue weighted by Gasteiger charge is 2.34. The fourth-order valence-electron chi connectivity index (χ4n) is 3.15. The number of thiophene rings is 2. The van der Waals surface area contributed by atoms with Crippen molar-refractivity contribution in [3.8, 4) is 0 Å². The van der Waals surface area contributed by atoms with Crippen molar-refractivity contribution in [3.63, 3.8) is 0 Å². The Labute approximate surface area is 131 Å². The quantitative estimate of drug-likeness (QED) is 0.787. The molecule has 1 unspecified atom stereocenters. The summed E-state index contributed by atoms with van der Waals surface area (Å²) in [4.78, 5) is 16.7. The Morgan fingerprint density at radius 2 is 2.33 bits per heavy atom. The molecule has 2 aromatic heterocycles. The molecule has 2 aliphatic heterocycles. The van der Waals surface area contributed by atoms with Crippen molar-refractivity contribution in [2.24, 2.45) is 0 Å². The second kappa shape index (κ2) is 5.12. The van der Waals surface area contributed by atoms with Crippen LogP contribution in [0.1, 0.15) is 38.8 Å². The van der Waals surface area contributed by atoms with E-state index in [1.807, 2.05) is 11.4 Å². The lowest BCUT2D eigenvalue weighted by molar-refractivity contribution is -0.913. The fraction of sp³-hybridized carbons (Fsp3) is 0.400. The average molecular weight is 320 g/mol. The summed E-state index contributed by atoms with van der Waals surface area (Å²) in [5, 5.41) is 9.70. The molecule has 110 valence electrons. The van der Waals surface area contributed by atoms with Gasteiger partial charge in [-0.15, -0.1) is 22.7 Å². The van der Waals surface area contributed by atoms with E-state index < -0.39 is 0 Å². The minimum atomic E-state index is -0.0836. The van der Waals surface area contributed by atoms with Crippen LogP contribution in [0.3, 0.4) is 0 Å². The third-order valence-electron chi connectivity index (χ3n) is 4.34. The van der Waals surface area contributed by atoms with Gasteiger partial charge in [0.05, 0.1) is 23.5 Å². The van der Waals surface area contributed by atoms with E-state index in [0.29, 0.717) is 0 Å². The number of hydrogen-bond donors (Lipinski definition) is 3. The zero-order valence-electron chi connectivity index (χ0n) is 11.9. The van der Waals surface area contributed by atoms with E-state index >= 15 is 0 Å². The van der Waals surface area contributed by atoms with Crippen molar-refractivity contribution >= 4 is 33.6 Å². The van der Waals surface area contributed by atoms with Gasteiger partial charge in [0.25, 0.3) is 5.91 Å². The molecule has 0 aliphatic carbocycles. The molecule has 4 nitrogen and oxygen atoms in total. The highest BCUT2D eigenvalue weighted by molar-refractivity contribution is 7.16. The minimum Gasteiger partial charge on any atom is -0.352 e. The number of carbonyl (C=O) groups excluding carboxylic acids is 1. The lowest BCUT2D eigenvalue weighted by Gasteiger charge is -2.26. The number of fused-ring (bicyclic) bond motifs is 3. The van der Waals surface area contributed by atoms with Crippen LogP contribution in [0.2, 0.25) is 0 Å². The second-order valence-electron chi connectivity index (χ2n) is 5.55. The summed E-state index contributed by atoms with van der Waals surface area (Å²) in [6.07, 6.45) is 0.933. The van der Waals surface area contributed by atoms with E-state index in [9.17, 15) is 4.79 Å². The number of hydrogen-bond acceptors (Lipinski definition) is 4. The molecule has 0 spiro atoms. The summed E-state index contributed by atoms with van der Waals surface area (Å²) < 4.78 is 0. The molecule has 21 heavy (non-hydrogen) atoms. The van der Waals surface area contributed by atoms with E-state index in [4.69, 9.17) is 0 Å². The van der Waals surface area contributed by atoms with Gasteiger partial charge in [0.2, 0.25) is 0 Å². The van der Waals surface area contributed by atoms with Crippen molar-refractivity contribution in [1.82, 2.24) is 5.32 Å².